The molecule has 0 saturated heterocycles. The third kappa shape index (κ3) is 4.35. The summed E-state index contributed by atoms with van der Waals surface area (Å²) in [6.45, 7) is 8.88. The molecule has 9 heteroatoms. The molecule has 0 aliphatic rings. The summed E-state index contributed by atoms with van der Waals surface area (Å²) in [5.41, 5.74) is 2.97. The molecule has 8 nitrogen and oxygen atoms in total. The van der Waals surface area contributed by atoms with Gasteiger partial charge in [-0.2, -0.15) is 5.26 Å². The highest BCUT2D eigenvalue weighted by Crippen LogP contribution is 2.30. The number of imidazole rings is 1. The van der Waals surface area contributed by atoms with Crippen LogP contribution in [0.1, 0.15) is 30.9 Å². The molecule has 0 atom stereocenters. The van der Waals surface area contributed by atoms with Crippen molar-refractivity contribution in [1.29, 1.82) is 5.26 Å². The molecule has 144 valence electrons. The Morgan fingerprint density at radius 1 is 1.54 bits per heavy atom. The van der Waals surface area contributed by atoms with Crippen molar-refractivity contribution in [3.63, 3.8) is 0 Å². The van der Waals surface area contributed by atoms with E-state index in [4.69, 9.17) is 4.74 Å². The number of aliphatic imine (C=N–C) groups is 2. The molecule has 2 rings (SSSR count). The quantitative estimate of drug-likeness (QED) is 0.370. The first-order valence-electron chi connectivity index (χ1n) is 8.35. The second-order valence-electron chi connectivity index (χ2n) is 5.76. The van der Waals surface area contributed by atoms with Crippen molar-refractivity contribution in [2.75, 3.05) is 6.61 Å². The van der Waals surface area contributed by atoms with Crippen LogP contribution in [0.25, 0.3) is 16.8 Å². The summed E-state index contributed by atoms with van der Waals surface area (Å²) in [5.74, 6) is 0.00432. The summed E-state index contributed by atoms with van der Waals surface area (Å²) in [4.78, 5) is 28.0. The number of amidine groups is 1. The van der Waals surface area contributed by atoms with Gasteiger partial charge in [-0.3, -0.25) is 0 Å². The predicted molar refractivity (Wildman–Crippen MR) is 110 cm³/mol. The number of hydrogen-bond acceptors (Lipinski definition) is 7. The number of pyridine rings is 1. The van der Waals surface area contributed by atoms with Gasteiger partial charge < -0.3 is 9.30 Å². The largest absolute Gasteiger partial charge is 0.460 e. The van der Waals surface area contributed by atoms with Crippen LogP contribution in [-0.4, -0.2) is 39.7 Å². The molecule has 0 bridgehead atoms. The molecular formula is C19H20N6O2S. The molecule has 0 radical (unpaired) electrons. The number of esters is 1. The number of ether oxygens (including phenoxy) is 1. The highest BCUT2D eigenvalue weighted by molar-refractivity contribution is 7.80. The zero-order valence-electron chi connectivity index (χ0n) is 16.1. The average Bonchev–Trinajstić information content (AvgIpc) is 3.00. The van der Waals surface area contributed by atoms with E-state index in [1.165, 1.54) is 6.20 Å². The Morgan fingerprint density at radius 2 is 2.25 bits per heavy atom. The maximum Gasteiger partial charge on any atom is 0.376 e. The zero-order chi connectivity index (χ0) is 20.8. The maximum absolute atomic E-state index is 11.8. The smallest absolute Gasteiger partial charge is 0.376 e. The molecule has 0 spiro atoms. The fourth-order valence-electron chi connectivity index (χ4n) is 2.38. The third-order valence-electron chi connectivity index (χ3n) is 4.00. The summed E-state index contributed by atoms with van der Waals surface area (Å²) in [5, 5.41) is 9.82. The molecule has 2 heterocycles. The van der Waals surface area contributed by atoms with Gasteiger partial charge >= 0.3 is 5.97 Å². The normalized spacial score (nSPS) is 11.9. The van der Waals surface area contributed by atoms with Crippen molar-refractivity contribution in [2.45, 2.75) is 25.8 Å². The molecule has 0 aliphatic carbocycles. The van der Waals surface area contributed by atoms with Crippen LogP contribution >= 0.6 is 12.6 Å². The van der Waals surface area contributed by atoms with E-state index in [0.29, 0.717) is 22.4 Å². The van der Waals surface area contributed by atoms with E-state index >= 15 is 0 Å². The van der Waals surface area contributed by atoms with E-state index in [2.05, 4.69) is 45.4 Å². The van der Waals surface area contributed by atoms with E-state index < -0.39 is 5.97 Å². The lowest BCUT2D eigenvalue weighted by molar-refractivity contribution is -0.135. The first-order valence-corrected chi connectivity index (χ1v) is 8.80. The summed E-state index contributed by atoms with van der Waals surface area (Å²) >= 11 is 4.36. The lowest BCUT2D eigenvalue weighted by Gasteiger charge is -2.10. The standard InChI is InChI=1S/C19H20N6O2S/c1-6-27-19(26)17(21-4)23-9-11(2)15-7-13(14(8-20)18(28)24-15)16-10-22-12(3)25(16)5/h7,9-10H,4,6H2,1-3,5H3,(H,24,28)/b11-9+,23-17-. The number of aryl methyl sites for hydroxylation is 1. The van der Waals surface area contributed by atoms with E-state index in [-0.39, 0.29) is 17.5 Å². The third-order valence-corrected chi connectivity index (χ3v) is 4.32. The van der Waals surface area contributed by atoms with Gasteiger partial charge in [-0.25, -0.2) is 24.7 Å². The molecule has 0 amide bonds. The molecule has 0 saturated carbocycles. The van der Waals surface area contributed by atoms with Crippen LogP contribution in [0.4, 0.5) is 0 Å². The van der Waals surface area contributed by atoms with Crippen LogP contribution in [0.5, 0.6) is 0 Å². The van der Waals surface area contributed by atoms with Crippen molar-refractivity contribution in [3.8, 4) is 17.3 Å². The Morgan fingerprint density at radius 3 is 2.79 bits per heavy atom. The Bertz CT molecular complexity index is 1030. The fraction of sp³-hybridized carbons (Fsp3) is 0.263. The van der Waals surface area contributed by atoms with Gasteiger partial charge in [-0.1, -0.05) is 0 Å². The summed E-state index contributed by atoms with van der Waals surface area (Å²) < 4.78 is 6.75. The Balaban J connectivity index is 2.55. The van der Waals surface area contributed by atoms with Crippen molar-refractivity contribution in [2.24, 2.45) is 17.0 Å². The van der Waals surface area contributed by atoms with Crippen LogP contribution in [0, 0.1) is 18.3 Å². The minimum Gasteiger partial charge on any atom is -0.460 e. The Kier molecular flexibility index (Phi) is 6.84. The SMILES string of the molecule is C=N/C(=N\C=C(/C)c1cc(-c2cnc(C)n2C)c(C#N)c(S)n1)C(=O)OCC. The van der Waals surface area contributed by atoms with Crippen LogP contribution < -0.4 is 0 Å². The van der Waals surface area contributed by atoms with Crippen molar-refractivity contribution in [3.05, 3.63) is 35.5 Å². The summed E-state index contributed by atoms with van der Waals surface area (Å²) in [6, 6.07) is 3.91. The summed E-state index contributed by atoms with van der Waals surface area (Å²) in [6.07, 6.45) is 3.14. The lowest BCUT2D eigenvalue weighted by Crippen LogP contribution is -2.14. The van der Waals surface area contributed by atoms with Crippen LogP contribution in [0.15, 0.2) is 33.5 Å². The van der Waals surface area contributed by atoms with Gasteiger partial charge in [0.05, 0.1) is 29.8 Å². The highest BCUT2D eigenvalue weighted by atomic mass is 32.1. The minimum atomic E-state index is -0.657. The van der Waals surface area contributed by atoms with Crippen LogP contribution in [0.2, 0.25) is 0 Å². The van der Waals surface area contributed by atoms with Gasteiger partial charge in [0.15, 0.2) is 0 Å². The molecule has 0 aliphatic heterocycles. The number of nitriles is 1. The van der Waals surface area contributed by atoms with Crippen molar-refractivity contribution >= 4 is 36.7 Å². The molecule has 28 heavy (non-hydrogen) atoms. The first-order chi connectivity index (χ1) is 13.3. The molecule has 0 aromatic carbocycles. The van der Waals surface area contributed by atoms with Gasteiger partial charge in [0, 0.05) is 18.8 Å². The lowest BCUT2D eigenvalue weighted by atomic mass is 10.0. The molecule has 0 N–H and O–H groups in total. The van der Waals surface area contributed by atoms with Gasteiger partial charge in [0.1, 0.15) is 16.9 Å². The molecular weight excluding hydrogens is 376 g/mol. The number of carbonyl (C=O) groups is 1. The van der Waals surface area contributed by atoms with E-state index in [0.717, 1.165) is 11.5 Å². The van der Waals surface area contributed by atoms with Gasteiger partial charge in [-0.05, 0) is 39.1 Å². The zero-order valence-corrected chi connectivity index (χ0v) is 17.0. The number of allylic oxidation sites excluding steroid dienone is 1. The molecule has 0 unspecified atom stereocenters. The number of thiol groups is 1. The molecule has 2 aromatic heterocycles. The number of nitrogens with zero attached hydrogens (tertiary/aromatic N) is 6. The first kappa shape index (κ1) is 21.1. The molecule has 2 aromatic rings. The number of rotatable bonds is 4. The average molecular weight is 396 g/mol. The second-order valence-corrected chi connectivity index (χ2v) is 6.18. The van der Waals surface area contributed by atoms with Crippen molar-refractivity contribution < 1.29 is 9.53 Å². The minimum absolute atomic E-state index is 0.150. The van der Waals surface area contributed by atoms with Gasteiger partial charge in [0.2, 0.25) is 5.84 Å². The van der Waals surface area contributed by atoms with Gasteiger partial charge in [-0.15, -0.1) is 12.6 Å². The van der Waals surface area contributed by atoms with E-state index in [1.807, 2.05) is 18.5 Å². The van der Waals surface area contributed by atoms with Crippen molar-refractivity contribution in [1.82, 2.24) is 14.5 Å². The number of hydrogen-bond donors (Lipinski definition) is 1. The van der Waals surface area contributed by atoms with Gasteiger partial charge in [0.25, 0.3) is 0 Å². The summed E-state index contributed by atoms with van der Waals surface area (Å²) in [7, 11) is 1.87. The fourth-order valence-corrected chi connectivity index (χ4v) is 2.65. The Hall–Kier alpha value is -3.25. The molecule has 0 fully saturated rings. The number of carbonyl (C=O) groups excluding carboxylic acids is 1. The topological polar surface area (TPSA) is 106 Å². The van der Waals surface area contributed by atoms with E-state index in [1.54, 1.807) is 26.1 Å². The predicted octanol–water partition coefficient (Wildman–Crippen LogP) is 2.97. The van der Waals surface area contributed by atoms with Crippen LogP contribution in [0.3, 0.4) is 0 Å². The highest BCUT2D eigenvalue weighted by Gasteiger charge is 2.16. The Labute approximate surface area is 168 Å². The second kappa shape index (κ2) is 9.10. The van der Waals surface area contributed by atoms with E-state index in [9.17, 15) is 10.1 Å². The number of aromatic nitrogens is 3. The maximum atomic E-state index is 11.8. The van der Waals surface area contributed by atoms with Crippen LogP contribution in [-0.2, 0) is 16.6 Å². The monoisotopic (exact) mass is 396 g/mol.